The van der Waals surface area contributed by atoms with Gasteiger partial charge in [-0.2, -0.15) is 0 Å². The fourth-order valence-corrected chi connectivity index (χ4v) is 5.02. The van der Waals surface area contributed by atoms with Crippen LogP contribution < -0.4 is 14.4 Å². The molecule has 0 bridgehead atoms. The predicted octanol–water partition coefficient (Wildman–Crippen LogP) is 1.80. The molecular formula is C23H27N3O5S. The Morgan fingerprint density at radius 1 is 1.06 bits per heavy atom. The molecule has 2 aromatic carbocycles. The van der Waals surface area contributed by atoms with E-state index in [1.807, 2.05) is 30.3 Å². The molecule has 170 valence electrons. The summed E-state index contributed by atoms with van der Waals surface area (Å²) < 4.78 is 31.9. The summed E-state index contributed by atoms with van der Waals surface area (Å²) in [5.41, 5.74) is 1.64. The molecule has 0 radical (unpaired) electrons. The molecule has 1 N–H and O–H groups in total. The van der Waals surface area contributed by atoms with Crippen molar-refractivity contribution in [1.29, 1.82) is 0 Å². The van der Waals surface area contributed by atoms with Crippen LogP contribution in [0.2, 0.25) is 0 Å². The van der Waals surface area contributed by atoms with Crippen LogP contribution in [0.3, 0.4) is 0 Å². The third kappa shape index (κ3) is 4.63. The summed E-state index contributed by atoms with van der Waals surface area (Å²) in [5, 5.41) is 0. The summed E-state index contributed by atoms with van der Waals surface area (Å²) in [5.74, 6) is 0.468. The number of piperidine rings is 1. The van der Waals surface area contributed by atoms with Gasteiger partial charge in [0, 0.05) is 31.2 Å². The van der Waals surface area contributed by atoms with Gasteiger partial charge in [-0.25, -0.2) is 13.1 Å². The maximum Gasteiger partial charge on any atom is 0.260 e. The number of carbonyl (C=O) groups is 2. The van der Waals surface area contributed by atoms with Crippen molar-refractivity contribution in [3.05, 3.63) is 54.1 Å². The van der Waals surface area contributed by atoms with E-state index in [-0.39, 0.29) is 29.2 Å². The summed E-state index contributed by atoms with van der Waals surface area (Å²) in [7, 11) is -2.14. The molecule has 0 aromatic heterocycles. The van der Waals surface area contributed by atoms with Gasteiger partial charge in [0.05, 0.1) is 4.90 Å². The zero-order chi connectivity index (χ0) is 22.7. The van der Waals surface area contributed by atoms with E-state index in [9.17, 15) is 18.0 Å². The molecular weight excluding hydrogens is 430 g/mol. The second-order valence-electron chi connectivity index (χ2n) is 7.99. The number of amides is 2. The van der Waals surface area contributed by atoms with E-state index in [0.29, 0.717) is 44.6 Å². The van der Waals surface area contributed by atoms with Gasteiger partial charge >= 0.3 is 0 Å². The van der Waals surface area contributed by atoms with Crippen molar-refractivity contribution in [3.8, 4) is 5.75 Å². The van der Waals surface area contributed by atoms with Crippen LogP contribution in [0, 0.1) is 5.92 Å². The number of nitrogens with one attached hydrogen (secondary N) is 1. The quantitative estimate of drug-likeness (QED) is 0.714. The molecule has 32 heavy (non-hydrogen) atoms. The number of hydrogen-bond donors (Lipinski definition) is 1. The van der Waals surface area contributed by atoms with Crippen LogP contribution in [0.1, 0.15) is 18.4 Å². The van der Waals surface area contributed by atoms with Crippen LogP contribution in [-0.4, -0.2) is 58.4 Å². The van der Waals surface area contributed by atoms with Crippen LogP contribution in [0.15, 0.2) is 53.4 Å². The van der Waals surface area contributed by atoms with Gasteiger partial charge in [-0.3, -0.25) is 9.59 Å². The van der Waals surface area contributed by atoms with Crippen molar-refractivity contribution in [2.75, 3.05) is 38.2 Å². The van der Waals surface area contributed by atoms with Gasteiger partial charge in [-0.05, 0) is 62.2 Å². The fraction of sp³-hybridized carbons (Fsp3) is 0.391. The van der Waals surface area contributed by atoms with Gasteiger partial charge in [0.2, 0.25) is 15.9 Å². The summed E-state index contributed by atoms with van der Waals surface area (Å²) in [4.78, 5) is 29.3. The number of anilines is 1. The second kappa shape index (κ2) is 9.30. The van der Waals surface area contributed by atoms with Gasteiger partial charge in [0.25, 0.3) is 5.91 Å². The van der Waals surface area contributed by atoms with Gasteiger partial charge in [-0.1, -0.05) is 18.2 Å². The van der Waals surface area contributed by atoms with Crippen molar-refractivity contribution in [1.82, 2.24) is 9.62 Å². The van der Waals surface area contributed by atoms with E-state index in [4.69, 9.17) is 4.74 Å². The van der Waals surface area contributed by atoms with E-state index >= 15 is 0 Å². The average Bonchev–Trinajstić information content (AvgIpc) is 3.26. The highest BCUT2D eigenvalue weighted by molar-refractivity contribution is 7.89. The number of carbonyl (C=O) groups excluding carboxylic acids is 2. The Morgan fingerprint density at radius 3 is 2.47 bits per heavy atom. The van der Waals surface area contributed by atoms with Crippen LogP contribution in [0.25, 0.3) is 0 Å². The third-order valence-electron chi connectivity index (χ3n) is 6.09. The highest BCUT2D eigenvalue weighted by Crippen LogP contribution is 2.33. The molecule has 2 heterocycles. The SMILES string of the molecule is CNS(=O)(=O)c1ccc2c(c1)CCN2C(=O)C1CCN(C(=O)COc2ccccc2)CC1. The number of para-hydroxylation sites is 1. The molecule has 0 saturated carbocycles. The standard InChI is InChI=1S/C23H27N3O5S/c1-24-32(29,30)20-7-8-21-18(15-20)11-14-26(21)23(28)17-9-12-25(13-10-17)22(27)16-31-19-5-3-2-4-6-19/h2-8,15,17,24H,9-14,16H2,1H3. The van der Waals surface area contributed by atoms with E-state index in [1.54, 1.807) is 21.9 Å². The highest BCUT2D eigenvalue weighted by atomic mass is 32.2. The van der Waals surface area contributed by atoms with E-state index in [0.717, 1.165) is 11.3 Å². The van der Waals surface area contributed by atoms with Crippen molar-refractivity contribution < 1.29 is 22.7 Å². The number of hydrogen-bond acceptors (Lipinski definition) is 5. The lowest BCUT2D eigenvalue weighted by Crippen LogP contribution is -2.45. The van der Waals surface area contributed by atoms with Crippen LogP contribution in [-0.2, 0) is 26.0 Å². The largest absolute Gasteiger partial charge is 0.484 e. The molecule has 8 nitrogen and oxygen atoms in total. The molecule has 0 atom stereocenters. The van der Waals surface area contributed by atoms with Crippen LogP contribution in [0.4, 0.5) is 5.69 Å². The smallest absolute Gasteiger partial charge is 0.260 e. The molecule has 9 heteroatoms. The highest BCUT2D eigenvalue weighted by Gasteiger charge is 2.34. The molecule has 1 saturated heterocycles. The normalized spacial score (nSPS) is 16.7. The predicted molar refractivity (Wildman–Crippen MR) is 120 cm³/mol. The molecule has 2 amide bonds. The molecule has 0 unspecified atom stereocenters. The molecule has 4 rings (SSSR count). The maximum atomic E-state index is 13.2. The maximum absolute atomic E-state index is 13.2. The van der Waals surface area contributed by atoms with Crippen molar-refractivity contribution in [2.45, 2.75) is 24.2 Å². The minimum Gasteiger partial charge on any atom is -0.484 e. The Balaban J connectivity index is 1.33. The lowest BCUT2D eigenvalue weighted by Gasteiger charge is -2.33. The lowest BCUT2D eigenvalue weighted by molar-refractivity contribution is -0.136. The summed E-state index contributed by atoms with van der Waals surface area (Å²) in [6, 6.07) is 14.1. The number of likely N-dealkylation sites (tertiary alicyclic amines) is 1. The van der Waals surface area contributed by atoms with Crippen molar-refractivity contribution in [2.24, 2.45) is 5.92 Å². The Labute approximate surface area is 188 Å². The first kappa shape index (κ1) is 22.3. The number of fused-ring (bicyclic) bond motifs is 1. The fourth-order valence-electron chi connectivity index (χ4n) is 4.24. The van der Waals surface area contributed by atoms with E-state index in [1.165, 1.54) is 13.1 Å². The van der Waals surface area contributed by atoms with Crippen molar-refractivity contribution >= 4 is 27.5 Å². The van der Waals surface area contributed by atoms with Gasteiger partial charge in [-0.15, -0.1) is 0 Å². The summed E-state index contributed by atoms with van der Waals surface area (Å²) in [6.07, 6.45) is 1.84. The lowest BCUT2D eigenvalue weighted by atomic mass is 9.95. The Bertz CT molecular complexity index is 1100. The minimum atomic E-state index is -3.52. The molecule has 1 fully saturated rings. The zero-order valence-corrected chi connectivity index (χ0v) is 18.8. The number of rotatable bonds is 6. The minimum absolute atomic E-state index is 0.0139. The number of ether oxygens (including phenoxy) is 1. The van der Waals surface area contributed by atoms with Crippen LogP contribution >= 0.6 is 0 Å². The molecule has 0 aliphatic carbocycles. The number of benzene rings is 2. The Hall–Kier alpha value is -2.91. The monoisotopic (exact) mass is 457 g/mol. The molecule has 2 aliphatic rings. The van der Waals surface area contributed by atoms with Gasteiger partial charge in [0.15, 0.2) is 6.61 Å². The van der Waals surface area contributed by atoms with Gasteiger partial charge in [0.1, 0.15) is 5.75 Å². The van der Waals surface area contributed by atoms with Crippen molar-refractivity contribution in [3.63, 3.8) is 0 Å². The first-order valence-corrected chi connectivity index (χ1v) is 12.2. The molecule has 0 spiro atoms. The third-order valence-corrected chi connectivity index (χ3v) is 7.51. The molecule has 2 aromatic rings. The first-order chi connectivity index (χ1) is 15.4. The van der Waals surface area contributed by atoms with Crippen LogP contribution in [0.5, 0.6) is 5.75 Å². The number of sulfonamides is 1. The average molecular weight is 458 g/mol. The zero-order valence-electron chi connectivity index (χ0n) is 18.0. The van der Waals surface area contributed by atoms with E-state index in [2.05, 4.69) is 4.72 Å². The second-order valence-corrected chi connectivity index (χ2v) is 9.88. The summed E-state index contributed by atoms with van der Waals surface area (Å²) in [6.45, 7) is 1.57. The topological polar surface area (TPSA) is 96.0 Å². The van der Waals surface area contributed by atoms with Gasteiger partial charge < -0.3 is 14.5 Å². The molecule has 2 aliphatic heterocycles. The summed E-state index contributed by atoms with van der Waals surface area (Å²) >= 11 is 0. The van der Waals surface area contributed by atoms with E-state index < -0.39 is 10.0 Å². The number of nitrogens with zero attached hydrogens (tertiary/aromatic N) is 2. The Kier molecular flexibility index (Phi) is 6.48. The first-order valence-electron chi connectivity index (χ1n) is 10.7. The Morgan fingerprint density at radius 2 is 1.78 bits per heavy atom.